The van der Waals surface area contributed by atoms with Crippen molar-refractivity contribution in [3.63, 3.8) is 0 Å². The molecule has 0 bridgehead atoms. The van der Waals surface area contributed by atoms with Crippen molar-refractivity contribution in [2.45, 2.75) is 13.8 Å². The first-order valence-electron chi connectivity index (χ1n) is 19.3. The summed E-state index contributed by atoms with van der Waals surface area (Å²) in [5.41, 5.74) is -0.888. The zero-order chi connectivity index (χ0) is 46.0. The van der Waals surface area contributed by atoms with Gasteiger partial charge in [-0.15, -0.1) is 0 Å². The first-order chi connectivity index (χ1) is 30.5. The predicted molar refractivity (Wildman–Crippen MR) is 238 cm³/mol. The first kappa shape index (κ1) is 43.2. The van der Waals surface area contributed by atoms with Gasteiger partial charge in [-0.2, -0.15) is 0 Å². The van der Waals surface area contributed by atoms with Gasteiger partial charge in [0.05, 0.1) is 49.5 Å². The lowest BCUT2D eigenvalue weighted by Gasteiger charge is -2.12. The van der Waals surface area contributed by atoms with Gasteiger partial charge in [0.1, 0.15) is 23.0 Å². The molecule has 0 aliphatic rings. The molecule has 0 atom stereocenters. The van der Waals surface area contributed by atoms with E-state index in [-0.39, 0.29) is 27.1 Å². The van der Waals surface area contributed by atoms with E-state index in [1.165, 1.54) is 26.2 Å². The molecule has 6 aromatic carbocycles. The number of fused-ring (bicyclic) bond motifs is 2. The Kier molecular flexibility index (Phi) is 11.9. The lowest BCUT2D eigenvalue weighted by atomic mass is 9.97. The molecule has 2 heterocycles. The van der Waals surface area contributed by atoms with E-state index >= 15 is 0 Å². The van der Waals surface area contributed by atoms with Crippen LogP contribution in [-0.2, 0) is 7.05 Å². The van der Waals surface area contributed by atoms with Gasteiger partial charge in [-0.05, 0) is 111 Å². The number of rotatable bonds is 10. The van der Waals surface area contributed by atoms with Crippen LogP contribution in [0, 0.1) is 13.8 Å². The summed E-state index contributed by atoms with van der Waals surface area (Å²) in [6.45, 7) is 3.95. The molecule has 4 N–H and O–H groups in total. The van der Waals surface area contributed by atoms with E-state index in [2.05, 4.69) is 10.6 Å². The normalized spacial score (nSPS) is 10.8. The predicted octanol–water partition coefficient (Wildman–Crippen LogP) is 6.33. The summed E-state index contributed by atoms with van der Waals surface area (Å²) in [4.78, 5) is 98.4. The SMILES string of the molecule is CNC(=O)c1cc(C(=O)O)c(C(=O)Nc2ccc(Oc3ccc(C)cc3)cc2)cc1C(=O)O.Cc1ccc(Oc2ccc(-n3c(=O)c4cc5c(=O)n(C)c(=O)c5cc4c3=O)cc2)cc1. The average Bonchev–Trinajstić information content (AvgIpc) is 3.66. The minimum absolute atomic E-state index is 0.111. The number of hydrogen-bond acceptors (Lipinski definition) is 10. The summed E-state index contributed by atoms with van der Waals surface area (Å²) in [6, 6.07) is 32.4. The van der Waals surface area contributed by atoms with Crippen LogP contribution in [-0.4, -0.2) is 50.1 Å². The summed E-state index contributed by atoms with van der Waals surface area (Å²) in [5, 5.41) is 24.2. The molecule has 8 rings (SSSR count). The summed E-state index contributed by atoms with van der Waals surface area (Å²) in [5.74, 6) is -2.19. The van der Waals surface area contributed by atoms with Crippen molar-refractivity contribution in [3.8, 4) is 28.7 Å². The molecule has 16 nitrogen and oxygen atoms in total. The molecule has 0 radical (unpaired) electrons. The fourth-order valence-electron chi connectivity index (χ4n) is 6.75. The van der Waals surface area contributed by atoms with Gasteiger partial charge >= 0.3 is 11.9 Å². The molecule has 16 heteroatoms. The molecule has 0 fully saturated rings. The Morgan fingerprint density at radius 1 is 0.484 bits per heavy atom. The first-order valence-corrected chi connectivity index (χ1v) is 19.3. The number of nitrogens with zero attached hydrogens (tertiary/aromatic N) is 2. The van der Waals surface area contributed by atoms with Crippen LogP contribution in [0.1, 0.15) is 52.6 Å². The van der Waals surface area contributed by atoms with Gasteiger partial charge in [-0.1, -0.05) is 35.4 Å². The third kappa shape index (κ3) is 8.64. The molecule has 0 unspecified atom stereocenters. The van der Waals surface area contributed by atoms with Crippen LogP contribution < -0.4 is 42.3 Å². The van der Waals surface area contributed by atoms with Crippen molar-refractivity contribution in [2.24, 2.45) is 7.05 Å². The zero-order valence-electron chi connectivity index (χ0n) is 34.4. The standard InChI is InChI=1S/C24H20N2O7.C24H16N2O5/c1-13-3-7-15(8-4-13)33-16-9-5-14(6-10-16)26-22(28)18-12-19(23(29)30)17(21(27)25-2)11-20(18)24(31)32;1-13-3-7-15(8-4-13)31-16-9-5-14(6-10-16)26-23(29)19-11-17-18(12-20(19)24(26)30)22(28)25(2)21(17)27/h3-12H,1-2H3,(H,25,27)(H,26,28)(H,29,30)(H,31,32);3-12H,1-2H3. The number of hydrogen-bond donors (Lipinski definition) is 4. The van der Waals surface area contributed by atoms with Crippen molar-refractivity contribution >= 4 is 51.0 Å². The number of carboxylic acid groups (broad SMARTS) is 2. The van der Waals surface area contributed by atoms with E-state index in [1.807, 2.05) is 62.4 Å². The third-order valence-electron chi connectivity index (χ3n) is 10.2. The number of carboxylic acids is 2. The number of aromatic carboxylic acids is 2. The molecule has 0 saturated carbocycles. The van der Waals surface area contributed by atoms with E-state index < -0.39 is 62.7 Å². The monoisotopic (exact) mass is 860 g/mol. The summed E-state index contributed by atoms with van der Waals surface area (Å²) in [7, 11) is 2.65. The largest absolute Gasteiger partial charge is 0.478 e. The van der Waals surface area contributed by atoms with Crippen LogP contribution in [0.2, 0.25) is 0 Å². The second kappa shape index (κ2) is 17.6. The maximum Gasteiger partial charge on any atom is 0.336 e. The second-order valence-electron chi connectivity index (χ2n) is 14.5. The number of benzene rings is 6. The van der Waals surface area contributed by atoms with Gasteiger partial charge in [0, 0.05) is 19.8 Å². The fraction of sp³-hybridized carbons (Fsp3) is 0.0833. The van der Waals surface area contributed by atoms with Crippen LogP contribution in [0.5, 0.6) is 23.0 Å². The number of aromatic nitrogens is 2. The highest BCUT2D eigenvalue weighted by molar-refractivity contribution is 6.14. The molecule has 0 saturated heterocycles. The van der Waals surface area contributed by atoms with Gasteiger partial charge < -0.3 is 30.3 Å². The summed E-state index contributed by atoms with van der Waals surface area (Å²) in [6.07, 6.45) is 0. The van der Waals surface area contributed by atoms with Crippen LogP contribution in [0.4, 0.5) is 5.69 Å². The quantitative estimate of drug-likeness (QED) is 0.118. The van der Waals surface area contributed by atoms with Gasteiger partial charge in [0.15, 0.2) is 0 Å². The highest BCUT2D eigenvalue weighted by atomic mass is 16.5. The molecule has 2 aromatic heterocycles. The Balaban J connectivity index is 0.000000192. The number of carbonyl (C=O) groups excluding carboxylic acids is 2. The van der Waals surface area contributed by atoms with Crippen LogP contribution >= 0.6 is 0 Å². The molecule has 8 aromatic rings. The smallest absolute Gasteiger partial charge is 0.336 e. The van der Waals surface area contributed by atoms with Gasteiger partial charge in [-0.3, -0.25) is 33.3 Å². The number of aryl methyl sites for hydroxylation is 2. The van der Waals surface area contributed by atoms with Crippen molar-refractivity contribution in [1.82, 2.24) is 14.5 Å². The number of ether oxygens (including phenoxy) is 2. The average molecular weight is 861 g/mol. The Bertz CT molecular complexity index is 3280. The van der Waals surface area contributed by atoms with Crippen molar-refractivity contribution in [2.75, 3.05) is 12.4 Å². The van der Waals surface area contributed by atoms with Gasteiger partial charge in [0.2, 0.25) is 0 Å². The maximum absolute atomic E-state index is 12.9. The van der Waals surface area contributed by atoms with Crippen molar-refractivity contribution in [3.05, 3.63) is 196 Å². The van der Waals surface area contributed by atoms with Crippen LogP contribution in [0.3, 0.4) is 0 Å². The second-order valence-corrected chi connectivity index (χ2v) is 14.5. The molecular formula is C48H36N4O12. The third-order valence-corrected chi connectivity index (χ3v) is 10.2. The van der Waals surface area contributed by atoms with E-state index in [4.69, 9.17) is 9.47 Å². The minimum atomic E-state index is -1.48. The number of amides is 2. The Morgan fingerprint density at radius 2 is 0.844 bits per heavy atom. The maximum atomic E-state index is 12.9. The van der Waals surface area contributed by atoms with Crippen molar-refractivity contribution in [1.29, 1.82) is 0 Å². The van der Waals surface area contributed by atoms with Crippen LogP contribution in [0.15, 0.2) is 141 Å². The number of carbonyl (C=O) groups is 4. The Labute approximate surface area is 361 Å². The summed E-state index contributed by atoms with van der Waals surface area (Å²) < 4.78 is 13.5. The van der Waals surface area contributed by atoms with E-state index in [9.17, 15) is 48.6 Å². The Hall–Kier alpha value is -8.92. The molecule has 64 heavy (non-hydrogen) atoms. The molecule has 320 valence electrons. The van der Waals surface area contributed by atoms with Gasteiger partial charge in [0.25, 0.3) is 34.1 Å². The highest BCUT2D eigenvalue weighted by Gasteiger charge is 2.26. The lowest BCUT2D eigenvalue weighted by molar-refractivity contribution is 0.0676. The minimum Gasteiger partial charge on any atom is -0.478 e. The molecule has 2 amide bonds. The molecule has 0 aliphatic carbocycles. The lowest BCUT2D eigenvalue weighted by Crippen LogP contribution is -2.24. The number of nitrogens with one attached hydrogen (secondary N) is 2. The van der Waals surface area contributed by atoms with E-state index in [1.54, 1.807) is 48.5 Å². The fourth-order valence-corrected chi connectivity index (χ4v) is 6.75. The molecular weight excluding hydrogens is 825 g/mol. The Morgan fingerprint density at radius 3 is 1.23 bits per heavy atom. The topological polar surface area (TPSA) is 229 Å². The van der Waals surface area contributed by atoms with Gasteiger partial charge in [-0.25, -0.2) is 14.2 Å². The molecule has 0 spiro atoms. The molecule has 0 aliphatic heterocycles. The van der Waals surface area contributed by atoms with Crippen molar-refractivity contribution < 1.29 is 38.9 Å². The zero-order valence-corrected chi connectivity index (χ0v) is 34.4. The van der Waals surface area contributed by atoms with E-state index in [0.717, 1.165) is 32.4 Å². The highest BCUT2D eigenvalue weighted by Crippen LogP contribution is 2.26. The van der Waals surface area contributed by atoms with Crippen LogP contribution in [0.25, 0.3) is 27.2 Å². The van der Waals surface area contributed by atoms with E-state index in [0.29, 0.717) is 34.4 Å². The number of anilines is 1. The summed E-state index contributed by atoms with van der Waals surface area (Å²) >= 11 is 0.